The maximum Gasteiger partial charge on any atom is 0.235 e. The Morgan fingerprint density at radius 2 is 1.71 bits per heavy atom. The van der Waals surface area contributed by atoms with Gasteiger partial charge in [0.25, 0.3) is 0 Å². The summed E-state index contributed by atoms with van der Waals surface area (Å²) in [6.45, 7) is 4.42. The maximum atomic E-state index is 15.0. The smallest absolute Gasteiger partial charge is 0.235 e. The van der Waals surface area contributed by atoms with Gasteiger partial charge in [-0.2, -0.15) is 0 Å². The second kappa shape index (κ2) is 8.19. The number of piperidine rings is 1. The highest BCUT2D eigenvalue weighted by Crippen LogP contribution is 2.66. The first-order chi connectivity index (χ1) is 15.7. The molecule has 0 bridgehead atoms. The number of hydrogen-bond donors (Lipinski definition) is 2. The number of β-amino-alcohol motifs (C(OH)–C–C–N with tert-alkyl or cyclic N) is 1. The van der Waals surface area contributed by atoms with Crippen LogP contribution >= 0.6 is 12.4 Å². The van der Waals surface area contributed by atoms with Crippen molar-refractivity contribution in [3.63, 3.8) is 0 Å². The Kier molecular flexibility index (Phi) is 5.79. The van der Waals surface area contributed by atoms with E-state index in [-0.39, 0.29) is 28.9 Å². The summed E-state index contributed by atoms with van der Waals surface area (Å²) < 4.78 is 42.4. The summed E-state index contributed by atoms with van der Waals surface area (Å²) in [7, 11) is -3.38. The standard InChI is InChI=1S/C26H31FN2O3S.ClH/c1-2-26(21-11-19(7-10-24(21)27)28-33(31,32)20-8-9-20)22-14-29(15-23(22)26)16-25(30)12-17-5-3-4-6-18(17)13-25;/h3-7,10-11,20,22-23,28,30H,2,8-9,12-16H2,1H3;1H. The fourth-order valence-electron chi connectivity index (χ4n) is 6.83. The van der Waals surface area contributed by atoms with Gasteiger partial charge in [-0.05, 0) is 66.0 Å². The van der Waals surface area contributed by atoms with Crippen molar-refractivity contribution in [2.24, 2.45) is 11.8 Å². The molecule has 2 N–H and O–H groups in total. The average Bonchev–Trinajstić information content (AvgIpc) is 3.64. The minimum absolute atomic E-state index is 0. The fraction of sp³-hybridized carbons (Fsp3) is 0.538. The van der Waals surface area contributed by atoms with Gasteiger partial charge >= 0.3 is 0 Å². The molecular formula is C26H32ClFN2O3S. The van der Waals surface area contributed by atoms with Crippen molar-refractivity contribution < 1.29 is 17.9 Å². The van der Waals surface area contributed by atoms with Crippen molar-refractivity contribution in [3.8, 4) is 0 Å². The van der Waals surface area contributed by atoms with Crippen molar-refractivity contribution in [1.29, 1.82) is 0 Å². The summed E-state index contributed by atoms with van der Waals surface area (Å²) in [5.74, 6) is 0.413. The van der Waals surface area contributed by atoms with Gasteiger partial charge in [-0.1, -0.05) is 31.2 Å². The van der Waals surface area contributed by atoms with Gasteiger partial charge in [0, 0.05) is 43.6 Å². The number of likely N-dealkylation sites (tertiary alicyclic amines) is 1. The lowest BCUT2D eigenvalue weighted by molar-refractivity contribution is 0.0138. The van der Waals surface area contributed by atoms with Crippen LogP contribution in [0.4, 0.5) is 10.1 Å². The van der Waals surface area contributed by atoms with Gasteiger partial charge in [0.15, 0.2) is 0 Å². The Morgan fingerprint density at radius 3 is 2.26 bits per heavy atom. The molecule has 34 heavy (non-hydrogen) atoms. The van der Waals surface area contributed by atoms with Crippen molar-refractivity contribution in [3.05, 3.63) is 65.0 Å². The molecule has 3 fully saturated rings. The van der Waals surface area contributed by atoms with Gasteiger partial charge in [-0.15, -0.1) is 12.4 Å². The number of rotatable bonds is 7. The normalized spacial score (nSPS) is 29.3. The number of benzene rings is 2. The Labute approximate surface area is 207 Å². The Balaban J connectivity index is 0.00000241. The molecular weight excluding hydrogens is 475 g/mol. The van der Waals surface area contributed by atoms with Crippen LogP contribution in [0.2, 0.25) is 0 Å². The lowest BCUT2D eigenvalue weighted by Gasteiger charge is -2.32. The van der Waals surface area contributed by atoms with Gasteiger partial charge in [0.05, 0.1) is 10.9 Å². The van der Waals surface area contributed by atoms with Crippen LogP contribution in [0, 0.1) is 17.7 Å². The zero-order chi connectivity index (χ0) is 23.0. The van der Waals surface area contributed by atoms with Crippen LogP contribution in [0.15, 0.2) is 42.5 Å². The van der Waals surface area contributed by atoms with E-state index in [9.17, 15) is 13.5 Å². The summed E-state index contributed by atoms with van der Waals surface area (Å²) in [5, 5.41) is 10.9. The van der Waals surface area contributed by atoms with Crippen LogP contribution in [0.3, 0.4) is 0 Å². The summed E-state index contributed by atoms with van der Waals surface area (Å²) in [4.78, 5) is 2.34. The first-order valence-electron chi connectivity index (χ1n) is 12.1. The lowest BCUT2D eigenvalue weighted by atomic mass is 9.86. The number of hydrogen-bond acceptors (Lipinski definition) is 4. The molecule has 3 aliphatic carbocycles. The van der Waals surface area contributed by atoms with E-state index in [0.717, 1.165) is 19.5 Å². The van der Waals surface area contributed by atoms with Crippen LogP contribution in [-0.4, -0.2) is 48.9 Å². The molecule has 2 aromatic carbocycles. The maximum absolute atomic E-state index is 15.0. The number of halogens is 2. The molecule has 0 spiro atoms. The number of sulfonamides is 1. The zero-order valence-electron chi connectivity index (χ0n) is 19.3. The Bertz CT molecular complexity index is 1180. The molecule has 8 heteroatoms. The Morgan fingerprint density at radius 1 is 1.09 bits per heavy atom. The molecule has 2 unspecified atom stereocenters. The predicted molar refractivity (Wildman–Crippen MR) is 133 cm³/mol. The topological polar surface area (TPSA) is 69.6 Å². The highest BCUT2D eigenvalue weighted by atomic mass is 35.5. The molecule has 0 amide bonds. The van der Waals surface area contributed by atoms with Crippen LogP contribution in [-0.2, 0) is 28.3 Å². The summed E-state index contributed by atoms with van der Waals surface area (Å²) in [5.41, 5.74) is 2.60. The van der Waals surface area contributed by atoms with Gasteiger partial charge in [-0.3, -0.25) is 9.62 Å². The van der Waals surface area contributed by atoms with E-state index >= 15 is 4.39 Å². The molecule has 2 aromatic rings. The summed E-state index contributed by atoms with van der Waals surface area (Å²) in [6, 6.07) is 12.9. The molecule has 2 atom stereocenters. The number of aliphatic hydroxyl groups is 1. The highest BCUT2D eigenvalue weighted by molar-refractivity contribution is 7.93. The van der Waals surface area contributed by atoms with Gasteiger partial charge in [-0.25, -0.2) is 12.8 Å². The van der Waals surface area contributed by atoms with E-state index in [2.05, 4.69) is 28.7 Å². The third-order valence-electron chi connectivity index (χ3n) is 8.56. The molecule has 184 valence electrons. The van der Waals surface area contributed by atoms with E-state index in [1.165, 1.54) is 23.3 Å². The monoisotopic (exact) mass is 506 g/mol. The first-order valence-corrected chi connectivity index (χ1v) is 13.6. The summed E-state index contributed by atoms with van der Waals surface area (Å²) in [6.07, 6.45) is 3.58. The number of nitrogens with zero attached hydrogens (tertiary/aromatic N) is 1. The molecule has 1 saturated heterocycles. The third kappa shape index (κ3) is 3.85. The number of anilines is 1. The second-order valence-corrected chi connectivity index (χ2v) is 12.6. The second-order valence-electron chi connectivity index (χ2n) is 10.7. The van der Waals surface area contributed by atoms with Crippen molar-refractivity contribution in [2.75, 3.05) is 24.4 Å². The molecule has 5 nitrogen and oxygen atoms in total. The predicted octanol–water partition coefficient (Wildman–Crippen LogP) is 3.89. The lowest BCUT2D eigenvalue weighted by Crippen LogP contribution is -2.45. The van der Waals surface area contributed by atoms with E-state index in [0.29, 0.717) is 55.3 Å². The molecule has 0 radical (unpaired) electrons. The van der Waals surface area contributed by atoms with Crippen molar-refractivity contribution in [1.82, 2.24) is 4.90 Å². The van der Waals surface area contributed by atoms with Crippen LogP contribution in [0.25, 0.3) is 0 Å². The number of nitrogens with one attached hydrogen (secondary N) is 1. The molecule has 6 rings (SSSR count). The molecule has 1 aliphatic heterocycles. The third-order valence-corrected chi connectivity index (χ3v) is 10.4. The van der Waals surface area contributed by atoms with E-state index in [1.807, 2.05) is 12.1 Å². The van der Waals surface area contributed by atoms with E-state index < -0.39 is 15.6 Å². The number of fused-ring (bicyclic) bond motifs is 2. The van der Waals surface area contributed by atoms with Crippen molar-refractivity contribution in [2.45, 2.75) is 55.3 Å². The van der Waals surface area contributed by atoms with Gasteiger partial charge in [0.1, 0.15) is 5.82 Å². The van der Waals surface area contributed by atoms with Gasteiger partial charge in [0.2, 0.25) is 10.0 Å². The SMILES string of the molecule is CCC1(c2cc(NS(=O)(=O)C3CC3)ccc2F)C2CN(CC3(O)Cc4ccccc4C3)CC21.Cl. The average molecular weight is 507 g/mol. The minimum Gasteiger partial charge on any atom is -0.388 e. The largest absolute Gasteiger partial charge is 0.388 e. The quantitative estimate of drug-likeness (QED) is 0.597. The first kappa shape index (κ1) is 24.0. The van der Waals surface area contributed by atoms with E-state index in [1.54, 1.807) is 6.07 Å². The Hall–Kier alpha value is -1.67. The summed E-state index contributed by atoms with van der Waals surface area (Å²) >= 11 is 0. The molecule has 0 aromatic heterocycles. The molecule has 1 heterocycles. The van der Waals surface area contributed by atoms with Crippen LogP contribution in [0.1, 0.15) is 42.9 Å². The highest BCUT2D eigenvalue weighted by Gasteiger charge is 2.68. The zero-order valence-corrected chi connectivity index (χ0v) is 21.0. The van der Waals surface area contributed by atoms with Gasteiger partial charge < -0.3 is 5.11 Å². The van der Waals surface area contributed by atoms with E-state index in [4.69, 9.17) is 0 Å². The fourth-order valence-corrected chi connectivity index (χ4v) is 8.21. The molecule has 4 aliphatic rings. The van der Waals surface area contributed by atoms with Crippen LogP contribution < -0.4 is 4.72 Å². The van der Waals surface area contributed by atoms with Crippen molar-refractivity contribution >= 4 is 28.1 Å². The molecule has 2 saturated carbocycles. The van der Waals surface area contributed by atoms with Crippen LogP contribution in [0.5, 0.6) is 0 Å². The minimum atomic E-state index is -3.38.